The van der Waals surface area contributed by atoms with Gasteiger partial charge in [0.15, 0.2) is 0 Å². The van der Waals surface area contributed by atoms with Crippen LogP contribution in [0.2, 0.25) is 0 Å². The minimum atomic E-state index is -3.98. The molecule has 2 N–H and O–H groups in total. The van der Waals surface area contributed by atoms with Crippen molar-refractivity contribution in [2.75, 3.05) is 0 Å². The summed E-state index contributed by atoms with van der Waals surface area (Å²) in [6, 6.07) is 13.0. The molecule has 1 amide bonds. The highest BCUT2D eigenvalue weighted by Crippen LogP contribution is 2.41. The molecule has 2 aromatic carbocycles. The van der Waals surface area contributed by atoms with Gasteiger partial charge in [0.2, 0.25) is 10.0 Å². The van der Waals surface area contributed by atoms with Gasteiger partial charge in [-0.25, -0.2) is 17.5 Å². The van der Waals surface area contributed by atoms with E-state index in [4.69, 9.17) is 0 Å². The Hall–Kier alpha value is -2.25. The van der Waals surface area contributed by atoms with Crippen LogP contribution in [0, 0.1) is 5.82 Å². The SMILES string of the molecule is O=C(NC1(c2ccccc2)CCC1)c1ccc(F)c(S(=O)(=O)NC2CC2)c1. The van der Waals surface area contributed by atoms with Crippen molar-refractivity contribution in [3.8, 4) is 0 Å². The minimum absolute atomic E-state index is 0.134. The first-order chi connectivity index (χ1) is 12.9. The van der Waals surface area contributed by atoms with E-state index in [2.05, 4.69) is 10.0 Å². The molecule has 0 atom stereocenters. The Balaban J connectivity index is 1.60. The van der Waals surface area contributed by atoms with Gasteiger partial charge >= 0.3 is 0 Å². The highest BCUT2D eigenvalue weighted by Gasteiger charge is 2.40. The van der Waals surface area contributed by atoms with E-state index in [1.165, 1.54) is 6.07 Å². The van der Waals surface area contributed by atoms with Gasteiger partial charge < -0.3 is 5.32 Å². The number of benzene rings is 2. The van der Waals surface area contributed by atoms with Crippen LogP contribution in [0.25, 0.3) is 0 Å². The van der Waals surface area contributed by atoms with Crippen molar-refractivity contribution in [2.45, 2.75) is 48.6 Å². The first kappa shape index (κ1) is 18.1. The Morgan fingerprint density at radius 3 is 2.37 bits per heavy atom. The highest BCUT2D eigenvalue weighted by atomic mass is 32.2. The Morgan fingerprint density at radius 2 is 1.78 bits per heavy atom. The third-order valence-electron chi connectivity index (χ3n) is 5.27. The fourth-order valence-corrected chi connectivity index (χ4v) is 4.81. The van der Waals surface area contributed by atoms with Crippen molar-refractivity contribution in [2.24, 2.45) is 0 Å². The molecule has 2 saturated carbocycles. The van der Waals surface area contributed by atoms with Crippen LogP contribution in [0.15, 0.2) is 53.4 Å². The largest absolute Gasteiger partial charge is 0.343 e. The predicted molar refractivity (Wildman–Crippen MR) is 99.2 cm³/mol. The molecule has 0 aromatic heterocycles. The second-order valence-corrected chi connectivity index (χ2v) is 8.98. The molecule has 2 aromatic rings. The summed E-state index contributed by atoms with van der Waals surface area (Å²) in [5, 5.41) is 3.04. The van der Waals surface area contributed by atoms with Crippen LogP contribution >= 0.6 is 0 Å². The minimum Gasteiger partial charge on any atom is -0.343 e. The van der Waals surface area contributed by atoms with Crippen molar-refractivity contribution in [1.29, 1.82) is 0 Å². The maximum Gasteiger partial charge on any atom is 0.252 e. The van der Waals surface area contributed by atoms with Gasteiger partial charge in [0.1, 0.15) is 10.7 Å². The zero-order chi connectivity index (χ0) is 19.1. The smallest absolute Gasteiger partial charge is 0.252 e. The molecular formula is C20H21FN2O3S. The average Bonchev–Trinajstić information content (AvgIpc) is 3.42. The van der Waals surface area contributed by atoms with Crippen LogP contribution in [0.4, 0.5) is 4.39 Å². The van der Waals surface area contributed by atoms with E-state index >= 15 is 0 Å². The summed E-state index contributed by atoms with van der Waals surface area (Å²) in [4.78, 5) is 12.3. The molecule has 0 radical (unpaired) electrons. The number of amides is 1. The summed E-state index contributed by atoms with van der Waals surface area (Å²) in [6.45, 7) is 0. The lowest BCUT2D eigenvalue weighted by molar-refractivity contribution is 0.0823. The van der Waals surface area contributed by atoms with Crippen LogP contribution in [0.5, 0.6) is 0 Å². The second kappa shape index (κ2) is 6.73. The Kier molecular flexibility index (Phi) is 4.52. The predicted octanol–water partition coefficient (Wildman–Crippen LogP) is 3.08. The molecule has 4 rings (SSSR count). The number of carbonyl (C=O) groups excluding carboxylic acids is 1. The molecule has 2 aliphatic carbocycles. The van der Waals surface area contributed by atoms with E-state index in [1.54, 1.807) is 0 Å². The Labute approximate surface area is 158 Å². The van der Waals surface area contributed by atoms with E-state index < -0.39 is 32.2 Å². The standard InChI is InChI=1S/C20H21FN2O3S/c21-17-10-7-14(13-18(17)27(25,26)23-16-8-9-16)19(24)22-20(11-4-12-20)15-5-2-1-3-6-15/h1-3,5-7,10,13,16,23H,4,8-9,11-12H2,(H,22,24). The number of carbonyl (C=O) groups is 1. The molecular weight excluding hydrogens is 367 g/mol. The number of sulfonamides is 1. The summed E-state index contributed by atoms with van der Waals surface area (Å²) in [5.74, 6) is -1.26. The van der Waals surface area contributed by atoms with Gasteiger partial charge in [-0.15, -0.1) is 0 Å². The van der Waals surface area contributed by atoms with Gasteiger partial charge in [-0.1, -0.05) is 30.3 Å². The fourth-order valence-electron chi connectivity index (χ4n) is 3.40. The molecule has 5 nitrogen and oxygen atoms in total. The van der Waals surface area contributed by atoms with Crippen LogP contribution in [-0.4, -0.2) is 20.4 Å². The van der Waals surface area contributed by atoms with Crippen molar-refractivity contribution < 1.29 is 17.6 Å². The van der Waals surface area contributed by atoms with E-state index in [-0.39, 0.29) is 11.6 Å². The molecule has 0 saturated heterocycles. The fraction of sp³-hybridized carbons (Fsp3) is 0.350. The lowest BCUT2D eigenvalue weighted by Gasteiger charge is -2.43. The molecule has 7 heteroatoms. The van der Waals surface area contributed by atoms with Gasteiger partial charge in [-0.05, 0) is 55.9 Å². The summed E-state index contributed by atoms with van der Waals surface area (Å²) in [7, 11) is -3.98. The van der Waals surface area contributed by atoms with E-state index in [1.807, 2.05) is 30.3 Å². The van der Waals surface area contributed by atoms with E-state index in [0.29, 0.717) is 0 Å². The van der Waals surface area contributed by atoms with Gasteiger partial charge in [0, 0.05) is 11.6 Å². The summed E-state index contributed by atoms with van der Waals surface area (Å²) in [5.41, 5.74) is 0.711. The highest BCUT2D eigenvalue weighted by molar-refractivity contribution is 7.89. The van der Waals surface area contributed by atoms with Crippen LogP contribution in [0.1, 0.15) is 48.0 Å². The van der Waals surface area contributed by atoms with Gasteiger partial charge in [0.25, 0.3) is 5.91 Å². The molecule has 0 heterocycles. The first-order valence-corrected chi connectivity index (χ1v) is 10.6. The molecule has 2 aliphatic rings. The summed E-state index contributed by atoms with van der Waals surface area (Å²) in [6.07, 6.45) is 4.14. The molecule has 0 bridgehead atoms. The zero-order valence-corrected chi connectivity index (χ0v) is 15.6. The molecule has 2 fully saturated rings. The summed E-state index contributed by atoms with van der Waals surface area (Å²) < 4.78 is 41.3. The molecule has 27 heavy (non-hydrogen) atoms. The third-order valence-corrected chi connectivity index (χ3v) is 6.80. The maximum absolute atomic E-state index is 14.1. The molecule has 142 valence electrons. The third kappa shape index (κ3) is 3.61. The van der Waals surface area contributed by atoms with E-state index in [0.717, 1.165) is 49.8 Å². The second-order valence-electron chi connectivity index (χ2n) is 7.30. The van der Waals surface area contributed by atoms with Crippen LogP contribution in [-0.2, 0) is 15.6 Å². The molecule has 0 unspecified atom stereocenters. The van der Waals surface area contributed by atoms with Crippen molar-refractivity contribution in [3.63, 3.8) is 0 Å². The quantitative estimate of drug-likeness (QED) is 0.799. The molecule has 0 spiro atoms. The normalized spacial score (nSPS) is 18.6. The topological polar surface area (TPSA) is 75.3 Å². The lowest BCUT2D eigenvalue weighted by atomic mass is 9.71. The van der Waals surface area contributed by atoms with Crippen molar-refractivity contribution in [3.05, 3.63) is 65.5 Å². The lowest BCUT2D eigenvalue weighted by Crippen LogP contribution is -2.50. The Morgan fingerprint density at radius 1 is 1.07 bits per heavy atom. The number of rotatable bonds is 6. The van der Waals surface area contributed by atoms with Crippen molar-refractivity contribution in [1.82, 2.24) is 10.0 Å². The number of nitrogens with one attached hydrogen (secondary N) is 2. The van der Waals surface area contributed by atoms with Crippen molar-refractivity contribution >= 4 is 15.9 Å². The Bertz CT molecular complexity index is 968. The number of halogens is 1. The number of hydrogen-bond acceptors (Lipinski definition) is 3. The monoisotopic (exact) mass is 388 g/mol. The van der Waals surface area contributed by atoms with Gasteiger partial charge in [0.05, 0.1) is 5.54 Å². The van der Waals surface area contributed by atoms with Gasteiger partial charge in [-0.2, -0.15) is 0 Å². The zero-order valence-electron chi connectivity index (χ0n) is 14.7. The van der Waals surface area contributed by atoms with Gasteiger partial charge in [-0.3, -0.25) is 4.79 Å². The average molecular weight is 388 g/mol. The van der Waals surface area contributed by atoms with Crippen LogP contribution in [0.3, 0.4) is 0 Å². The number of hydrogen-bond donors (Lipinski definition) is 2. The molecule has 0 aliphatic heterocycles. The summed E-state index contributed by atoms with van der Waals surface area (Å²) >= 11 is 0. The van der Waals surface area contributed by atoms with E-state index in [9.17, 15) is 17.6 Å². The maximum atomic E-state index is 14.1. The van der Waals surface area contributed by atoms with Crippen LogP contribution < -0.4 is 10.0 Å². The first-order valence-electron chi connectivity index (χ1n) is 9.10.